The van der Waals surface area contributed by atoms with Crippen molar-refractivity contribution in [2.45, 2.75) is 25.8 Å². The molecule has 132 valence electrons. The summed E-state index contributed by atoms with van der Waals surface area (Å²) < 4.78 is 33.8. The monoisotopic (exact) mass is 353 g/mol. The highest BCUT2D eigenvalue weighted by Gasteiger charge is 2.28. The maximum atomic E-state index is 11.6. The van der Waals surface area contributed by atoms with E-state index in [2.05, 4.69) is 15.6 Å². The third kappa shape index (κ3) is 4.31. The van der Waals surface area contributed by atoms with Gasteiger partial charge in [0.1, 0.15) is 0 Å². The molecule has 1 aromatic rings. The highest BCUT2D eigenvalue weighted by Crippen LogP contribution is 2.32. The van der Waals surface area contributed by atoms with Crippen LogP contribution in [0.3, 0.4) is 0 Å². The first-order chi connectivity index (χ1) is 11.6. The van der Waals surface area contributed by atoms with Crippen molar-refractivity contribution in [3.63, 3.8) is 0 Å². The second-order valence-electron chi connectivity index (χ2n) is 5.94. The minimum Gasteiger partial charge on any atom is -0.454 e. The quantitative estimate of drug-likeness (QED) is 0.598. The summed E-state index contributed by atoms with van der Waals surface area (Å²) in [5.41, 5.74) is 1.13. The Morgan fingerprint density at radius 3 is 2.92 bits per heavy atom. The maximum Gasteiger partial charge on any atom is 0.231 e. The van der Waals surface area contributed by atoms with Crippen LogP contribution in [0.15, 0.2) is 23.2 Å². The fraction of sp³-hybridized carbons (Fsp3) is 0.562. The predicted octanol–water partition coefficient (Wildman–Crippen LogP) is 0.700. The van der Waals surface area contributed by atoms with Crippen molar-refractivity contribution in [3.05, 3.63) is 23.8 Å². The van der Waals surface area contributed by atoms with Crippen molar-refractivity contribution in [2.24, 2.45) is 4.99 Å². The normalized spacial score (nSPS) is 21.7. The molecule has 0 aliphatic carbocycles. The molecule has 2 aliphatic rings. The van der Waals surface area contributed by atoms with Crippen LogP contribution in [0.4, 0.5) is 0 Å². The third-order valence-electron chi connectivity index (χ3n) is 4.02. The summed E-state index contributed by atoms with van der Waals surface area (Å²) in [6.45, 7) is 3.60. The summed E-state index contributed by atoms with van der Waals surface area (Å²) in [6, 6.07) is 5.83. The lowest BCUT2D eigenvalue weighted by molar-refractivity contribution is 0.174. The first-order valence-electron chi connectivity index (χ1n) is 8.19. The first-order valence-corrected chi connectivity index (χ1v) is 10.0. The van der Waals surface area contributed by atoms with E-state index in [9.17, 15) is 8.42 Å². The van der Waals surface area contributed by atoms with Crippen LogP contribution in [-0.4, -0.2) is 51.8 Å². The van der Waals surface area contributed by atoms with Crippen molar-refractivity contribution in [2.75, 3.05) is 31.4 Å². The highest BCUT2D eigenvalue weighted by molar-refractivity contribution is 7.91. The number of guanidine groups is 1. The molecule has 2 heterocycles. The molecule has 0 bridgehead atoms. The number of hydrogen-bond acceptors (Lipinski definition) is 5. The van der Waals surface area contributed by atoms with Gasteiger partial charge in [0.05, 0.1) is 11.5 Å². The van der Waals surface area contributed by atoms with Crippen LogP contribution in [0.2, 0.25) is 0 Å². The van der Waals surface area contributed by atoms with E-state index >= 15 is 0 Å². The fourth-order valence-electron chi connectivity index (χ4n) is 2.82. The number of sulfone groups is 1. The van der Waals surface area contributed by atoms with Crippen LogP contribution < -0.4 is 20.1 Å². The summed E-state index contributed by atoms with van der Waals surface area (Å²) in [6.07, 6.45) is 1.41. The van der Waals surface area contributed by atoms with Crippen molar-refractivity contribution in [3.8, 4) is 11.5 Å². The molecule has 0 aromatic heterocycles. The van der Waals surface area contributed by atoms with E-state index < -0.39 is 9.84 Å². The Balaban J connectivity index is 1.56. The molecule has 1 fully saturated rings. The number of rotatable bonds is 5. The molecular weight excluding hydrogens is 330 g/mol. The lowest BCUT2D eigenvalue weighted by Gasteiger charge is -2.15. The van der Waals surface area contributed by atoms with E-state index in [1.165, 1.54) is 0 Å². The Labute approximate surface area is 142 Å². The van der Waals surface area contributed by atoms with E-state index in [0.29, 0.717) is 18.9 Å². The smallest absolute Gasteiger partial charge is 0.231 e. The third-order valence-corrected chi connectivity index (χ3v) is 5.79. The van der Waals surface area contributed by atoms with E-state index in [4.69, 9.17) is 9.47 Å². The summed E-state index contributed by atoms with van der Waals surface area (Å²) in [4.78, 5) is 4.54. The van der Waals surface area contributed by atoms with Gasteiger partial charge < -0.3 is 20.1 Å². The van der Waals surface area contributed by atoms with E-state index in [0.717, 1.165) is 30.0 Å². The first kappa shape index (κ1) is 16.9. The van der Waals surface area contributed by atoms with Gasteiger partial charge in [-0.1, -0.05) is 6.07 Å². The maximum absolute atomic E-state index is 11.6. The summed E-state index contributed by atoms with van der Waals surface area (Å²) in [5.74, 6) is 2.65. The number of ether oxygens (including phenoxy) is 2. The second kappa shape index (κ2) is 7.29. The minimum atomic E-state index is -2.90. The van der Waals surface area contributed by atoms with Gasteiger partial charge in [-0.2, -0.15) is 0 Å². The SMILES string of the molecule is CCNC(=NCCc1ccc2c(c1)OCO2)NC1CCS(=O)(=O)C1. The standard InChI is InChI=1S/C16H23N3O4S/c1-2-17-16(19-13-6-8-24(20,21)10-13)18-7-5-12-3-4-14-15(9-12)23-11-22-14/h3-4,9,13H,2,5-8,10-11H2,1H3,(H2,17,18,19). The lowest BCUT2D eigenvalue weighted by Crippen LogP contribution is -2.44. The van der Waals surface area contributed by atoms with E-state index in [1.54, 1.807) is 0 Å². The van der Waals surface area contributed by atoms with Crippen molar-refractivity contribution < 1.29 is 17.9 Å². The molecule has 1 saturated heterocycles. The Morgan fingerprint density at radius 2 is 2.17 bits per heavy atom. The van der Waals surface area contributed by atoms with E-state index in [1.807, 2.05) is 25.1 Å². The molecule has 0 radical (unpaired) electrons. The van der Waals surface area contributed by atoms with Crippen LogP contribution in [0.1, 0.15) is 18.9 Å². The van der Waals surface area contributed by atoms with Gasteiger partial charge in [-0.3, -0.25) is 4.99 Å². The molecule has 24 heavy (non-hydrogen) atoms. The molecule has 2 aliphatic heterocycles. The Kier molecular flexibility index (Phi) is 5.13. The number of aliphatic imine (C=N–C) groups is 1. The Bertz CT molecular complexity index is 718. The van der Waals surface area contributed by atoms with Crippen LogP contribution in [-0.2, 0) is 16.3 Å². The van der Waals surface area contributed by atoms with Gasteiger partial charge in [0.25, 0.3) is 0 Å². The van der Waals surface area contributed by atoms with Crippen molar-refractivity contribution in [1.29, 1.82) is 0 Å². The molecule has 0 saturated carbocycles. The molecule has 2 N–H and O–H groups in total. The van der Waals surface area contributed by atoms with Gasteiger partial charge in [0, 0.05) is 19.1 Å². The van der Waals surface area contributed by atoms with Crippen molar-refractivity contribution in [1.82, 2.24) is 10.6 Å². The summed E-state index contributed by atoms with van der Waals surface area (Å²) in [7, 11) is -2.90. The largest absolute Gasteiger partial charge is 0.454 e. The zero-order valence-corrected chi connectivity index (χ0v) is 14.6. The van der Waals surface area contributed by atoms with Crippen LogP contribution in [0, 0.1) is 0 Å². The fourth-order valence-corrected chi connectivity index (χ4v) is 4.49. The molecule has 1 atom stereocenters. The minimum absolute atomic E-state index is 0.0571. The lowest BCUT2D eigenvalue weighted by atomic mass is 10.1. The van der Waals surface area contributed by atoms with Gasteiger partial charge in [-0.25, -0.2) is 8.42 Å². The number of hydrogen-bond donors (Lipinski definition) is 2. The molecule has 8 heteroatoms. The molecule has 7 nitrogen and oxygen atoms in total. The number of nitrogens with zero attached hydrogens (tertiary/aromatic N) is 1. The number of fused-ring (bicyclic) bond motifs is 1. The van der Waals surface area contributed by atoms with Gasteiger partial charge in [0.15, 0.2) is 27.3 Å². The van der Waals surface area contributed by atoms with E-state index in [-0.39, 0.29) is 24.3 Å². The van der Waals surface area contributed by atoms with Gasteiger partial charge >= 0.3 is 0 Å². The van der Waals surface area contributed by atoms with Gasteiger partial charge in [-0.15, -0.1) is 0 Å². The number of nitrogens with one attached hydrogen (secondary N) is 2. The van der Waals surface area contributed by atoms with Crippen LogP contribution >= 0.6 is 0 Å². The molecule has 0 spiro atoms. The zero-order valence-electron chi connectivity index (χ0n) is 13.7. The highest BCUT2D eigenvalue weighted by atomic mass is 32.2. The van der Waals surface area contributed by atoms with Gasteiger partial charge in [-0.05, 0) is 37.5 Å². The molecular formula is C16H23N3O4S. The average Bonchev–Trinajstić information content (AvgIpc) is 3.13. The second-order valence-corrected chi connectivity index (χ2v) is 8.17. The Morgan fingerprint density at radius 1 is 1.33 bits per heavy atom. The van der Waals surface area contributed by atoms with Crippen LogP contribution in [0.25, 0.3) is 0 Å². The van der Waals surface area contributed by atoms with Gasteiger partial charge in [0.2, 0.25) is 6.79 Å². The summed E-state index contributed by atoms with van der Waals surface area (Å²) in [5, 5.41) is 6.38. The topological polar surface area (TPSA) is 89.0 Å². The predicted molar refractivity (Wildman–Crippen MR) is 92.4 cm³/mol. The zero-order chi connectivity index (χ0) is 17.0. The Hall–Kier alpha value is -1.96. The number of benzene rings is 1. The molecule has 3 rings (SSSR count). The van der Waals surface area contributed by atoms with Crippen LogP contribution in [0.5, 0.6) is 11.5 Å². The molecule has 1 aromatic carbocycles. The molecule has 1 unspecified atom stereocenters. The average molecular weight is 353 g/mol. The molecule has 0 amide bonds. The summed E-state index contributed by atoms with van der Waals surface area (Å²) >= 11 is 0. The van der Waals surface area contributed by atoms with Crippen molar-refractivity contribution >= 4 is 15.8 Å².